The predicted octanol–water partition coefficient (Wildman–Crippen LogP) is 4.30. The Kier molecular flexibility index (Phi) is 4.15. The second-order valence-corrected chi connectivity index (χ2v) is 7.02. The van der Waals surface area contributed by atoms with E-state index in [1.165, 1.54) is 37.1 Å². The van der Waals surface area contributed by atoms with Crippen molar-refractivity contribution in [3.05, 3.63) is 71.3 Å². The van der Waals surface area contributed by atoms with Gasteiger partial charge in [-0.1, -0.05) is 48.6 Å². The Morgan fingerprint density at radius 2 is 1.75 bits per heavy atom. The summed E-state index contributed by atoms with van der Waals surface area (Å²) >= 11 is 0. The summed E-state index contributed by atoms with van der Waals surface area (Å²) in [5.41, 5.74) is 4.65. The highest BCUT2D eigenvalue weighted by molar-refractivity contribution is 5.65. The van der Waals surface area contributed by atoms with E-state index < -0.39 is 0 Å². The van der Waals surface area contributed by atoms with Gasteiger partial charge in [0.05, 0.1) is 7.11 Å². The molecule has 1 aliphatic carbocycles. The Hall–Kier alpha value is -2.06. The molecule has 0 unspecified atom stereocenters. The zero-order chi connectivity index (χ0) is 16.4. The molecule has 1 heterocycles. The zero-order valence-corrected chi connectivity index (χ0v) is 14.4. The van der Waals surface area contributed by atoms with Crippen LogP contribution in [-0.2, 0) is 11.8 Å². The molecule has 0 saturated carbocycles. The van der Waals surface area contributed by atoms with Crippen molar-refractivity contribution in [2.45, 2.75) is 24.7 Å². The molecule has 1 saturated heterocycles. The van der Waals surface area contributed by atoms with Crippen molar-refractivity contribution in [3.8, 4) is 5.75 Å². The van der Waals surface area contributed by atoms with Crippen LogP contribution in [0, 0.1) is 0 Å². The third kappa shape index (κ3) is 2.87. The Balaban J connectivity index is 1.34. The van der Waals surface area contributed by atoms with E-state index in [9.17, 15) is 0 Å². The summed E-state index contributed by atoms with van der Waals surface area (Å²) in [6.07, 6.45) is 8.37. The Labute approximate surface area is 144 Å². The molecule has 1 fully saturated rings. The number of piperidine rings is 1. The molecule has 2 nitrogen and oxygen atoms in total. The second-order valence-electron chi connectivity index (χ2n) is 7.02. The molecule has 2 aliphatic rings. The van der Waals surface area contributed by atoms with Crippen molar-refractivity contribution in [2.75, 3.05) is 26.7 Å². The third-order valence-electron chi connectivity index (χ3n) is 5.70. The van der Waals surface area contributed by atoms with Crippen LogP contribution in [0.1, 0.15) is 29.5 Å². The standard InChI is InChI=1S/C22H25NO/c1-24-20-8-6-18(7-9-20)11-15-23-16-13-22(14-17-23)12-10-19-4-2-3-5-21(19)22/h2-10,12H,11,13-17H2,1H3. The molecule has 24 heavy (non-hydrogen) atoms. The molecule has 2 aromatic carbocycles. The van der Waals surface area contributed by atoms with E-state index in [0.717, 1.165) is 18.7 Å². The van der Waals surface area contributed by atoms with E-state index in [-0.39, 0.29) is 0 Å². The van der Waals surface area contributed by atoms with Crippen LogP contribution in [0.3, 0.4) is 0 Å². The molecular formula is C22H25NO. The molecule has 124 valence electrons. The van der Waals surface area contributed by atoms with E-state index in [1.807, 2.05) is 0 Å². The van der Waals surface area contributed by atoms with E-state index in [4.69, 9.17) is 4.74 Å². The number of methoxy groups -OCH3 is 1. The van der Waals surface area contributed by atoms with Gasteiger partial charge in [0.25, 0.3) is 0 Å². The fourth-order valence-corrected chi connectivity index (χ4v) is 4.13. The van der Waals surface area contributed by atoms with E-state index in [0.29, 0.717) is 5.41 Å². The van der Waals surface area contributed by atoms with E-state index >= 15 is 0 Å². The van der Waals surface area contributed by atoms with Crippen molar-refractivity contribution < 1.29 is 4.74 Å². The molecule has 0 bridgehead atoms. The van der Waals surface area contributed by atoms with Gasteiger partial charge in [0.1, 0.15) is 5.75 Å². The van der Waals surface area contributed by atoms with Gasteiger partial charge < -0.3 is 9.64 Å². The van der Waals surface area contributed by atoms with Crippen molar-refractivity contribution in [3.63, 3.8) is 0 Å². The molecule has 0 radical (unpaired) electrons. The first kappa shape index (κ1) is 15.5. The summed E-state index contributed by atoms with van der Waals surface area (Å²) in [5, 5.41) is 0. The quantitative estimate of drug-likeness (QED) is 0.833. The Morgan fingerprint density at radius 3 is 2.50 bits per heavy atom. The molecule has 0 N–H and O–H groups in total. The second kappa shape index (κ2) is 6.45. The summed E-state index contributed by atoms with van der Waals surface area (Å²) in [5.74, 6) is 0.936. The van der Waals surface area contributed by atoms with Crippen LogP contribution >= 0.6 is 0 Å². The van der Waals surface area contributed by atoms with Gasteiger partial charge >= 0.3 is 0 Å². The zero-order valence-electron chi connectivity index (χ0n) is 14.4. The molecule has 4 rings (SSSR count). The van der Waals surface area contributed by atoms with Gasteiger partial charge in [-0.3, -0.25) is 0 Å². The van der Waals surface area contributed by atoms with E-state index in [2.05, 4.69) is 65.6 Å². The normalized spacial score (nSPS) is 18.7. The lowest BCUT2D eigenvalue weighted by Gasteiger charge is -2.39. The average Bonchev–Trinajstić information content (AvgIpc) is 3.00. The molecule has 0 aromatic heterocycles. The predicted molar refractivity (Wildman–Crippen MR) is 99.5 cm³/mol. The maximum atomic E-state index is 5.23. The minimum Gasteiger partial charge on any atom is -0.497 e. The molecule has 1 aliphatic heterocycles. The van der Waals surface area contributed by atoms with Crippen LogP contribution in [0.15, 0.2) is 54.6 Å². The third-order valence-corrected chi connectivity index (χ3v) is 5.70. The first-order valence-electron chi connectivity index (χ1n) is 8.93. The van der Waals surface area contributed by atoms with Crippen molar-refractivity contribution in [1.82, 2.24) is 4.90 Å². The smallest absolute Gasteiger partial charge is 0.118 e. The van der Waals surface area contributed by atoms with Gasteiger partial charge in [-0.05, 0) is 61.2 Å². The molecular weight excluding hydrogens is 294 g/mol. The topological polar surface area (TPSA) is 12.5 Å². The van der Waals surface area contributed by atoms with Crippen LogP contribution in [0.25, 0.3) is 6.08 Å². The number of likely N-dealkylation sites (tertiary alicyclic amines) is 1. The SMILES string of the molecule is COc1ccc(CCN2CCC3(C=Cc4ccccc43)CC2)cc1. The van der Waals surface area contributed by atoms with Gasteiger partial charge in [0.15, 0.2) is 0 Å². The largest absolute Gasteiger partial charge is 0.497 e. The lowest BCUT2D eigenvalue weighted by molar-refractivity contribution is 0.186. The number of ether oxygens (including phenoxy) is 1. The highest BCUT2D eigenvalue weighted by Gasteiger charge is 2.37. The maximum Gasteiger partial charge on any atom is 0.118 e. The van der Waals surface area contributed by atoms with Gasteiger partial charge in [-0.15, -0.1) is 0 Å². The first-order chi connectivity index (χ1) is 11.8. The molecule has 0 atom stereocenters. The number of hydrogen-bond donors (Lipinski definition) is 0. The van der Waals surface area contributed by atoms with Gasteiger partial charge in [0.2, 0.25) is 0 Å². The highest BCUT2D eigenvalue weighted by atomic mass is 16.5. The summed E-state index contributed by atoms with van der Waals surface area (Å²) < 4.78 is 5.23. The fourth-order valence-electron chi connectivity index (χ4n) is 4.13. The number of rotatable bonds is 4. The minimum absolute atomic E-state index is 0.299. The van der Waals surface area contributed by atoms with Crippen LogP contribution in [0.5, 0.6) is 5.75 Å². The summed E-state index contributed by atoms with van der Waals surface area (Å²) in [6.45, 7) is 3.53. The van der Waals surface area contributed by atoms with Crippen LogP contribution in [-0.4, -0.2) is 31.6 Å². The summed E-state index contributed by atoms with van der Waals surface area (Å²) in [7, 11) is 1.72. The number of hydrogen-bond acceptors (Lipinski definition) is 2. The van der Waals surface area contributed by atoms with Crippen LogP contribution < -0.4 is 4.74 Å². The monoisotopic (exact) mass is 319 g/mol. The summed E-state index contributed by atoms with van der Waals surface area (Å²) in [4.78, 5) is 2.62. The van der Waals surface area contributed by atoms with Crippen LogP contribution in [0.2, 0.25) is 0 Å². The molecule has 1 spiro atoms. The maximum absolute atomic E-state index is 5.23. The lowest BCUT2D eigenvalue weighted by atomic mass is 9.74. The fraction of sp³-hybridized carbons (Fsp3) is 0.364. The number of nitrogens with zero attached hydrogens (tertiary/aromatic N) is 1. The number of fused-ring (bicyclic) bond motifs is 2. The van der Waals surface area contributed by atoms with Crippen molar-refractivity contribution in [1.29, 1.82) is 0 Å². The molecule has 2 heteroatoms. The number of benzene rings is 2. The molecule has 0 amide bonds. The van der Waals surface area contributed by atoms with Crippen molar-refractivity contribution >= 4 is 6.08 Å². The Morgan fingerprint density at radius 1 is 1.00 bits per heavy atom. The average molecular weight is 319 g/mol. The highest BCUT2D eigenvalue weighted by Crippen LogP contribution is 2.43. The van der Waals surface area contributed by atoms with Gasteiger partial charge in [-0.25, -0.2) is 0 Å². The van der Waals surface area contributed by atoms with Gasteiger partial charge in [-0.2, -0.15) is 0 Å². The summed E-state index contributed by atoms with van der Waals surface area (Å²) in [6, 6.07) is 17.4. The number of allylic oxidation sites excluding steroid dienone is 1. The van der Waals surface area contributed by atoms with Crippen LogP contribution in [0.4, 0.5) is 0 Å². The lowest BCUT2D eigenvalue weighted by Crippen LogP contribution is -2.41. The van der Waals surface area contributed by atoms with Gasteiger partial charge in [0, 0.05) is 12.0 Å². The van der Waals surface area contributed by atoms with Crippen molar-refractivity contribution in [2.24, 2.45) is 0 Å². The van der Waals surface area contributed by atoms with E-state index in [1.54, 1.807) is 12.7 Å². The molecule has 2 aromatic rings. The Bertz CT molecular complexity index is 724. The minimum atomic E-state index is 0.299. The first-order valence-corrected chi connectivity index (χ1v) is 8.93.